The van der Waals surface area contributed by atoms with Gasteiger partial charge in [-0.15, -0.1) is 5.10 Å². The van der Waals surface area contributed by atoms with Crippen molar-refractivity contribution < 1.29 is 5.11 Å². The Morgan fingerprint density at radius 3 is 3.00 bits per heavy atom. The molecule has 0 aliphatic carbocycles. The molecule has 4 nitrogen and oxygen atoms in total. The molecule has 2 N–H and O–H groups in total. The molecule has 92 valence electrons. The molecule has 0 aliphatic rings. The van der Waals surface area contributed by atoms with Crippen LogP contribution in [0, 0.1) is 0 Å². The average molecular weight is 243 g/mol. The van der Waals surface area contributed by atoms with Crippen LogP contribution in [0.2, 0.25) is 0 Å². The molecular formula is C11H21N3OS. The fourth-order valence-corrected chi connectivity index (χ4v) is 2.44. The van der Waals surface area contributed by atoms with Gasteiger partial charge in [-0.25, -0.2) is 0 Å². The molecule has 1 aromatic heterocycles. The van der Waals surface area contributed by atoms with Gasteiger partial charge < -0.3 is 5.11 Å². The van der Waals surface area contributed by atoms with Crippen LogP contribution in [0.4, 0.5) is 0 Å². The highest BCUT2D eigenvalue weighted by atomic mass is 32.2. The molecular weight excluding hydrogens is 222 g/mol. The van der Waals surface area contributed by atoms with Gasteiger partial charge in [0, 0.05) is 18.4 Å². The minimum atomic E-state index is -0.304. The molecule has 1 atom stereocenters. The number of hydrogen-bond acceptors (Lipinski definition) is 4. The second-order valence-corrected chi connectivity index (χ2v) is 5.11. The average Bonchev–Trinajstić information content (AvgIpc) is 2.76. The van der Waals surface area contributed by atoms with Gasteiger partial charge in [-0.1, -0.05) is 31.4 Å². The number of nitrogens with zero attached hydrogens (tertiary/aromatic N) is 2. The molecule has 5 heteroatoms. The predicted molar refractivity (Wildman–Crippen MR) is 67.6 cm³/mol. The van der Waals surface area contributed by atoms with Crippen molar-refractivity contribution in [2.24, 2.45) is 0 Å². The fraction of sp³-hybridized carbons (Fsp3) is 0.818. The SMILES string of the molecule is CCCCCCSCC(O)Cc1c[nH]nn1. The molecule has 0 spiro atoms. The second kappa shape index (κ2) is 8.58. The van der Waals surface area contributed by atoms with Crippen molar-refractivity contribution in [2.75, 3.05) is 11.5 Å². The third-order valence-electron chi connectivity index (χ3n) is 2.36. The molecule has 1 unspecified atom stereocenters. The standard InChI is InChI=1S/C11H21N3OS/c1-2-3-4-5-6-16-9-11(15)7-10-8-12-14-13-10/h8,11,15H,2-7,9H2,1H3,(H,12,13,14). The zero-order valence-electron chi connectivity index (χ0n) is 9.85. The summed E-state index contributed by atoms with van der Waals surface area (Å²) >= 11 is 1.83. The Bertz CT molecular complexity index is 254. The number of aliphatic hydroxyl groups is 1. The summed E-state index contributed by atoms with van der Waals surface area (Å²) in [6.45, 7) is 2.22. The van der Waals surface area contributed by atoms with Gasteiger partial charge in [0.2, 0.25) is 0 Å². The summed E-state index contributed by atoms with van der Waals surface area (Å²) in [5.41, 5.74) is 0.832. The van der Waals surface area contributed by atoms with E-state index in [0.717, 1.165) is 17.2 Å². The molecule has 0 aromatic carbocycles. The van der Waals surface area contributed by atoms with Gasteiger partial charge in [-0.2, -0.15) is 11.8 Å². The number of aromatic nitrogens is 3. The highest BCUT2D eigenvalue weighted by Gasteiger charge is 2.07. The fourth-order valence-electron chi connectivity index (χ4n) is 1.48. The number of hydrogen-bond donors (Lipinski definition) is 2. The van der Waals surface area contributed by atoms with Crippen molar-refractivity contribution in [3.63, 3.8) is 0 Å². The van der Waals surface area contributed by atoms with Gasteiger partial charge in [0.05, 0.1) is 11.8 Å². The second-order valence-electron chi connectivity index (χ2n) is 3.96. The van der Waals surface area contributed by atoms with Crippen LogP contribution < -0.4 is 0 Å². The van der Waals surface area contributed by atoms with Crippen LogP contribution in [0.5, 0.6) is 0 Å². The van der Waals surface area contributed by atoms with Crippen molar-refractivity contribution in [1.82, 2.24) is 15.4 Å². The van der Waals surface area contributed by atoms with Crippen molar-refractivity contribution in [1.29, 1.82) is 0 Å². The van der Waals surface area contributed by atoms with Gasteiger partial charge in [-0.3, -0.25) is 5.10 Å². The van der Waals surface area contributed by atoms with Crippen LogP contribution in [-0.4, -0.2) is 38.1 Å². The summed E-state index contributed by atoms with van der Waals surface area (Å²) < 4.78 is 0. The minimum absolute atomic E-state index is 0.304. The first-order valence-electron chi connectivity index (χ1n) is 5.94. The van der Waals surface area contributed by atoms with E-state index in [2.05, 4.69) is 22.3 Å². The van der Waals surface area contributed by atoms with Gasteiger partial charge >= 0.3 is 0 Å². The molecule has 0 fully saturated rings. The molecule has 1 heterocycles. The molecule has 0 radical (unpaired) electrons. The largest absolute Gasteiger partial charge is 0.392 e. The normalized spacial score (nSPS) is 12.9. The van der Waals surface area contributed by atoms with E-state index in [1.165, 1.54) is 25.7 Å². The van der Waals surface area contributed by atoms with Crippen LogP contribution in [0.25, 0.3) is 0 Å². The first-order valence-corrected chi connectivity index (χ1v) is 7.09. The lowest BCUT2D eigenvalue weighted by atomic mass is 10.2. The van der Waals surface area contributed by atoms with E-state index in [1.807, 2.05) is 11.8 Å². The number of aromatic amines is 1. The van der Waals surface area contributed by atoms with E-state index < -0.39 is 0 Å². The molecule has 0 amide bonds. The van der Waals surface area contributed by atoms with E-state index >= 15 is 0 Å². The quantitative estimate of drug-likeness (QED) is 0.651. The third-order valence-corrected chi connectivity index (χ3v) is 3.56. The van der Waals surface area contributed by atoms with Gasteiger partial charge in [0.25, 0.3) is 0 Å². The van der Waals surface area contributed by atoms with Crippen molar-refractivity contribution in [2.45, 2.75) is 45.1 Å². The minimum Gasteiger partial charge on any atom is -0.392 e. The van der Waals surface area contributed by atoms with E-state index in [1.54, 1.807) is 6.20 Å². The Hall–Kier alpha value is -0.550. The Morgan fingerprint density at radius 1 is 1.44 bits per heavy atom. The Kier molecular flexibility index (Phi) is 7.25. The topological polar surface area (TPSA) is 61.8 Å². The van der Waals surface area contributed by atoms with E-state index in [-0.39, 0.29) is 6.10 Å². The lowest BCUT2D eigenvalue weighted by molar-refractivity contribution is 0.199. The number of nitrogens with one attached hydrogen (secondary N) is 1. The maximum atomic E-state index is 9.72. The molecule has 0 aliphatic heterocycles. The highest BCUT2D eigenvalue weighted by molar-refractivity contribution is 7.99. The van der Waals surface area contributed by atoms with Crippen LogP contribution in [0.15, 0.2) is 6.20 Å². The Balaban J connectivity index is 1.96. The van der Waals surface area contributed by atoms with E-state index in [9.17, 15) is 5.11 Å². The molecule has 1 rings (SSSR count). The summed E-state index contributed by atoms with van der Waals surface area (Å²) in [5.74, 6) is 1.94. The first kappa shape index (κ1) is 13.5. The van der Waals surface area contributed by atoms with Crippen LogP contribution in [0.3, 0.4) is 0 Å². The lowest BCUT2D eigenvalue weighted by Crippen LogP contribution is -2.14. The summed E-state index contributed by atoms with van der Waals surface area (Å²) in [6, 6.07) is 0. The van der Waals surface area contributed by atoms with Crippen LogP contribution in [0.1, 0.15) is 38.3 Å². The van der Waals surface area contributed by atoms with Crippen LogP contribution in [-0.2, 0) is 6.42 Å². The number of rotatable bonds is 9. The molecule has 1 aromatic rings. The lowest BCUT2D eigenvalue weighted by Gasteiger charge is -2.07. The molecule has 0 saturated heterocycles. The highest BCUT2D eigenvalue weighted by Crippen LogP contribution is 2.10. The van der Waals surface area contributed by atoms with Gasteiger partial charge in [0.1, 0.15) is 0 Å². The Morgan fingerprint density at radius 2 is 2.31 bits per heavy atom. The maximum absolute atomic E-state index is 9.72. The van der Waals surface area contributed by atoms with Gasteiger partial charge in [-0.05, 0) is 12.2 Å². The van der Waals surface area contributed by atoms with Crippen molar-refractivity contribution in [3.8, 4) is 0 Å². The molecule has 0 bridgehead atoms. The first-order chi connectivity index (χ1) is 7.83. The van der Waals surface area contributed by atoms with Crippen molar-refractivity contribution in [3.05, 3.63) is 11.9 Å². The molecule has 16 heavy (non-hydrogen) atoms. The Labute approximate surface area is 101 Å². The third kappa shape index (κ3) is 6.12. The summed E-state index contributed by atoms with van der Waals surface area (Å²) in [5, 5.41) is 19.8. The van der Waals surface area contributed by atoms with E-state index in [0.29, 0.717) is 6.42 Å². The predicted octanol–water partition coefficient (Wildman–Crippen LogP) is 2.02. The van der Waals surface area contributed by atoms with Crippen molar-refractivity contribution >= 4 is 11.8 Å². The number of unbranched alkanes of at least 4 members (excludes halogenated alkanes) is 3. The zero-order chi connectivity index (χ0) is 11.6. The summed E-state index contributed by atoms with van der Waals surface area (Å²) in [4.78, 5) is 0. The smallest absolute Gasteiger partial charge is 0.0850 e. The molecule has 0 saturated carbocycles. The van der Waals surface area contributed by atoms with E-state index in [4.69, 9.17) is 0 Å². The number of H-pyrrole nitrogens is 1. The summed E-state index contributed by atoms with van der Waals surface area (Å²) in [6.07, 6.45) is 7.19. The number of thioether (sulfide) groups is 1. The zero-order valence-corrected chi connectivity index (χ0v) is 10.7. The summed E-state index contributed by atoms with van der Waals surface area (Å²) in [7, 11) is 0. The van der Waals surface area contributed by atoms with Gasteiger partial charge in [0.15, 0.2) is 0 Å². The monoisotopic (exact) mass is 243 g/mol. The maximum Gasteiger partial charge on any atom is 0.0850 e. The number of aliphatic hydroxyl groups excluding tert-OH is 1. The van der Waals surface area contributed by atoms with Crippen LogP contribution >= 0.6 is 11.8 Å².